The summed E-state index contributed by atoms with van der Waals surface area (Å²) < 4.78 is 36.0. The molecule has 0 fully saturated rings. The molecular weight excluding hydrogens is 532 g/mol. The van der Waals surface area contributed by atoms with Crippen molar-refractivity contribution in [2.75, 3.05) is 4.31 Å². The Labute approximate surface area is 243 Å². The number of hydrogen-bond donors (Lipinski definition) is 1. The zero-order valence-electron chi connectivity index (χ0n) is 23.7. The summed E-state index contributed by atoms with van der Waals surface area (Å²) in [4.78, 5) is 14.2. The zero-order valence-corrected chi connectivity index (χ0v) is 24.5. The summed E-state index contributed by atoms with van der Waals surface area (Å²) in [6, 6.07) is 30.6. The largest absolute Gasteiger partial charge is 0.487 e. The highest BCUT2D eigenvalue weighted by molar-refractivity contribution is 7.92. The summed E-state index contributed by atoms with van der Waals surface area (Å²) in [5, 5.41) is 3.23. The lowest BCUT2D eigenvalue weighted by atomic mass is 9.83. The summed E-state index contributed by atoms with van der Waals surface area (Å²) in [7, 11) is -4.00. The van der Waals surface area contributed by atoms with Crippen LogP contribution < -0.4 is 14.4 Å². The smallest absolute Gasteiger partial charge is 0.264 e. The summed E-state index contributed by atoms with van der Waals surface area (Å²) in [5.74, 6) is 0.439. The standard InChI is InChI=1S/C34H36N2O4S/c1-4-34(5-2)23-30(28-15-10-12-18-32(28)40-34)35-33(37)29-16-9-11-17-31(29)36(24-26-13-7-6-8-14-26)41(38,39)27-21-19-25(3)20-22-27/h6-22,30H,4-5,23-24H2,1-3H3,(H,35,37)/t30-/m0/s1. The Hall–Kier alpha value is -4.10. The van der Waals surface area contributed by atoms with Crippen LogP contribution in [0.4, 0.5) is 5.69 Å². The molecule has 1 N–H and O–H groups in total. The first-order chi connectivity index (χ1) is 19.8. The van der Waals surface area contributed by atoms with Crippen molar-refractivity contribution in [2.45, 2.75) is 63.1 Å². The lowest BCUT2D eigenvalue weighted by Gasteiger charge is -2.41. The van der Waals surface area contributed by atoms with Gasteiger partial charge in [-0.05, 0) is 55.7 Å². The second kappa shape index (κ2) is 11.8. The third-order valence-corrected chi connectivity index (χ3v) is 9.76. The number of benzene rings is 4. The van der Waals surface area contributed by atoms with Crippen molar-refractivity contribution in [3.8, 4) is 5.75 Å². The minimum Gasteiger partial charge on any atom is -0.487 e. The van der Waals surface area contributed by atoms with E-state index in [1.165, 1.54) is 4.31 Å². The van der Waals surface area contributed by atoms with Crippen LogP contribution in [0.2, 0.25) is 0 Å². The van der Waals surface area contributed by atoms with Crippen LogP contribution in [0.3, 0.4) is 0 Å². The van der Waals surface area contributed by atoms with Crippen molar-refractivity contribution >= 4 is 21.6 Å². The van der Waals surface area contributed by atoms with E-state index >= 15 is 0 Å². The van der Waals surface area contributed by atoms with Gasteiger partial charge in [0.2, 0.25) is 0 Å². The number of amides is 1. The molecule has 5 rings (SSSR count). The van der Waals surface area contributed by atoms with Crippen molar-refractivity contribution in [1.29, 1.82) is 0 Å². The van der Waals surface area contributed by atoms with Gasteiger partial charge in [-0.15, -0.1) is 0 Å². The number of aryl methyl sites for hydroxylation is 1. The third kappa shape index (κ3) is 5.86. The number of nitrogens with zero attached hydrogens (tertiary/aromatic N) is 1. The number of para-hydroxylation sites is 2. The first-order valence-electron chi connectivity index (χ1n) is 14.1. The van der Waals surface area contributed by atoms with Crippen LogP contribution in [0.15, 0.2) is 108 Å². The number of sulfonamides is 1. The molecule has 0 spiro atoms. The van der Waals surface area contributed by atoms with E-state index in [4.69, 9.17) is 4.74 Å². The number of nitrogens with one attached hydrogen (secondary N) is 1. The highest BCUT2D eigenvalue weighted by Crippen LogP contribution is 2.43. The van der Waals surface area contributed by atoms with E-state index in [1.54, 1.807) is 48.5 Å². The average Bonchev–Trinajstić information content (AvgIpc) is 3.00. The predicted octanol–water partition coefficient (Wildman–Crippen LogP) is 7.20. The van der Waals surface area contributed by atoms with Crippen LogP contribution >= 0.6 is 0 Å². The van der Waals surface area contributed by atoms with Crippen molar-refractivity contribution in [2.24, 2.45) is 0 Å². The second-order valence-electron chi connectivity index (χ2n) is 10.6. The van der Waals surface area contributed by atoms with Crippen LogP contribution in [0.25, 0.3) is 0 Å². The number of rotatable bonds is 9. The van der Waals surface area contributed by atoms with Crippen molar-refractivity contribution in [1.82, 2.24) is 5.32 Å². The van der Waals surface area contributed by atoms with Crippen molar-refractivity contribution in [3.05, 3.63) is 125 Å². The maximum Gasteiger partial charge on any atom is 0.264 e. The second-order valence-corrected chi connectivity index (χ2v) is 12.4. The summed E-state index contributed by atoms with van der Waals surface area (Å²) in [6.45, 7) is 6.19. The lowest BCUT2D eigenvalue weighted by molar-refractivity contribution is 0.0227. The highest BCUT2D eigenvalue weighted by Gasteiger charge is 2.39. The van der Waals surface area contributed by atoms with E-state index in [0.717, 1.165) is 35.3 Å². The normalized spacial score (nSPS) is 15.8. The molecule has 1 aliphatic heterocycles. The maximum atomic E-state index is 14.1. The molecule has 4 aromatic carbocycles. The van der Waals surface area contributed by atoms with Crippen LogP contribution in [0, 0.1) is 6.92 Å². The minimum atomic E-state index is -4.00. The molecule has 0 unspecified atom stereocenters. The van der Waals surface area contributed by atoms with E-state index in [0.29, 0.717) is 17.7 Å². The van der Waals surface area contributed by atoms with E-state index < -0.39 is 10.0 Å². The monoisotopic (exact) mass is 568 g/mol. The molecule has 4 aromatic rings. The van der Waals surface area contributed by atoms with Crippen LogP contribution in [0.5, 0.6) is 5.75 Å². The molecule has 1 heterocycles. The number of carbonyl (C=O) groups is 1. The molecule has 1 amide bonds. The SMILES string of the molecule is CCC1(CC)C[C@H](NC(=O)c2ccccc2N(Cc2ccccc2)S(=O)(=O)c2ccc(C)cc2)c2ccccc2O1. The molecule has 1 aliphatic rings. The molecule has 0 saturated heterocycles. The van der Waals surface area contributed by atoms with Gasteiger partial charge in [0.15, 0.2) is 0 Å². The van der Waals surface area contributed by atoms with E-state index in [9.17, 15) is 13.2 Å². The van der Waals surface area contributed by atoms with Gasteiger partial charge in [-0.1, -0.05) is 92.2 Å². The number of carbonyl (C=O) groups excluding carboxylic acids is 1. The van der Waals surface area contributed by atoms with Gasteiger partial charge in [0.1, 0.15) is 11.4 Å². The maximum absolute atomic E-state index is 14.1. The predicted molar refractivity (Wildman–Crippen MR) is 163 cm³/mol. The fraction of sp³-hybridized carbons (Fsp3) is 0.265. The third-order valence-electron chi connectivity index (χ3n) is 7.99. The molecule has 1 atom stereocenters. The highest BCUT2D eigenvalue weighted by atomic mass is 32.2. The summed E-state index contributed by atoms with van der Waals surface area (Å²) >= 11 is 0. The first-order valence-corrected chi connectivity index (χ1v) is 15.5. The molecule has 0 bridgehead atoms. The Morgan fingerprint density at radius 3 is 2.22 bits per heavy atom. The fourth-order valence-electron chi connectivity index (χ4n) is 5.44. The fourth-order valence-corrected chi connectivity index (χ4v) is 6.91. The first kappa shape index (κ1) is 28.4. The molecule has 0 aromatic heterocycles. The van der Waals surface area contributed by atoms with Gasteiger partial charge in [0, 0.05) is 12.0 Å². The summed E-state index contributed by atoms with van der Waals surface area (Å²) in [6.07, 6.45) is 2.24. The van der Waals surface area contributed by atoms with E-state index in [1.807, 2.05) is 61.5 Å². The van der Waals surface area contributed by atoms with Gasteiger partial charge >= 0.3 is 0 Å². The van der Waals surface area contributed by atoms with Crippen LogP contribution in [-0.2, 0) is 16.6 Å². The zero-order chi connectivity index (χ0) is 29.0. The minimum absolute atomic E-state index is 0.0796. The average molecular weight is 569 g/mol. The van der Waals surface area contributed by atoms with Crippen LogP contribution in [-0.4, -0.2) is 19.9 Å². The lowest BCUT2D eigenvalue weighted by Crippen LogP contribution is -2.44. The van der Waals surface area contributed by atoms with Gasteiger partial charge in [-0.2, -0.15) is 0 Å². The number of ether oxygens (including phenoxy) is 1. The van der Waals surface area contributed by atoms with E-state index in [2.05, 4.69) is 19.2 Å². The molecule has 6 nitrogen and oxygen atoms in total. The van der Waals surface area contributed by atoms with E-state index in [-0.39, 0.29) is 29.0 Å². The Morgan fingerprint density at radius 2 is 1.51 bits per heavy atom. The number of anilines is 1. The summed E-state index contributed by atoms with van der Waals surface area (Å²) in [5.41, 5.74) is 2.93. The molecule has 0 radical (unpaired) electrons. The number of hydrogen-bond acceptors (Lipinski definition) is 4. The van der Waals surface area contributed by atoms with Gasteiger partial charge in [0.05, 0.1) is 28.7 Å². The molecule has 41 heavy (non-hydrogen) atoms. The van der Waals surface area contributed by atoms with Gasteiger partial charge in [-0.3, -0.25) is 9.10 Å². The Kier molecular flexibility index (Phi) is 8.18. The Bertz CT molecular complexity index is 1610. The Balaban J connectivity index is 1.55. The van der Waals surface area contributed by atoms with Gasteiger partial charge in [-0.25, -0.2) is 8.42 Å². The van der Waals surface area contributed by atoms with Crippen molar-refractivity contribution in [3.63, 3.8) is 0 Å². The van der Waals surface area contributed by atoms with Gasteiger partial charge < -0.3 is 10.1 Å². The molecular formula is C34H36N2O4S. The molecule has 0 saturated carbocycles. The molecule has 0 aliphatic carbocycles. The molecule has 212 valence electrons. The quantitative estimate of drug-likeness (QED) is 0.232. The van der Waals surface area contributed by atoms with Gasteiger partial charge in [0.25, 0.3) is 15.9 Å². The van der Waals surface area contributed by atoms with Crippen LogP contribution in [0.1, 0.15) is 66.2 Å². The Morgan fingerprint density at radius 1 is 0.878 bits per heavy atom. The topological polar surface area (TPSA) is 75.7 Å². The molecule has 7 heteroatoms. The number of fused-ring (bicyclic) bond motifs is 1. The van der Waals surface area contributed by atoms with Crippen molar-refractivity contribution < 1.29 is 17.9 Å².